The summed E-state index contributed by atoms with van der Waals surface area (Å²) in [6.45, 7) is 0. The third kappa shape index (κ3) is 3.66. The Hall–Kier alpha value is -5.22. The predicted octanol–water partition coefficient (Wildman–Crippen LogP) is 12.9. The lowest BCUT2D eigenvalue weighted by Crippen LogP contribution is -1.93. The highest BCUT2D eigenvalue weighted by Gasteiger charge is 2.18. The van der Waals surface area contributed by atoms with Gasteiger partial charge < -0.3 is 4.57 Å². The molecule has 0 aliphatic rings. The van der Waals surface area contributed by atoms with Crippen molar-refractivity contribution in [1.29, 1.82) is 0 Å². The van der Waals surface area contributed by atoms with Crippen LogP contribution in [0.3, 0.4) is 0 Å². The summed E-state index contributed by atoms with van der Waals surface area (Å²) in [7, 11) is 0. The Kier molecular flexibility index (Phi) is 5.39. The molecule has 3 aromatic heterocycles. The van der Waals surface area contributed by atoms with E-state index in [4.69, 9.17) is 0 Å². The Morgan fingerprint density at radius 1 is 0.356 bits per heavy atom. The van der Waals surface area contributed by atoms with Gasteiger partial charge in [0.05, 0.1) is 11.0 Å². The van der Waals surface area contributed by atoms with Crippen LogP contribution in [0.1, 0.15) is 0 Å². The van der Waals surface area contributed by atoms with Crippen molar-refractivity contribution in [3.8, 4) is 27.9 Å². The first kappa shape index (κ1) is 25.1. The van der Waals surface area contributed by atoms with Gasteiger partial charge in [-0.25, -0.2) is 0 Å². The van der Waals surface area contributed by atoms with Crippen LogP contribution in [0.15, 0.2) is 152 Å². The first-order valence-electron chi connectivity index (χ1n) is 15.3. The maximum absolute atomic E-state index is 2.43. The molecule has 45 heavy (non-hydrogen) atoms. The summed E-state index contributed by atoms with van der Waals surface area (Å²) in [6, 6.07) is 55.6. The van der Waals surface area contributed by atoms with Crippen molar-refractivity contribution in [3.63, 3.8) is 0 Å². The van der Waals surface area contributed by atoms with Gasteiger partial charge in [0.2, 0.25) is 0 Å². The molecule has 1 nitrogen and oxygen atoms in total. The molecular formula is C42H25NS2. The largest absolute Gasteiger partial charge is 0.309 e. The smallest absolute Gasteiger partial charge is 0.0555 e. The fraction of sp³-hybridized carbons (Fsp3) is 0. The number of fused-ring (bicyclic) bond motifs is 10. The van der Waals surface area contributed by atoms with E-state index in [0.29, 0.717) is 0 Å². The van der Waals surface area contributed by atoms with Crippen LogP contribution in [-0.4, -0.2) is 4.57 Å². The number of para-hydroxylation sites is 1. The second kappa shape index (κ2) is 9.64. The molecule has 0 unspecified atom stereocenters. The Bertz CT molecular complexity index is 2740. The lowest BCUT2D eigenvalue weighted by molar-refractivity contribution is 1.18. The molecule has 0 radical (unpaired) electrons. The Morgan fingerprint density at radius 2 is 0.956 bits per heavy atom. The number of hydrogen-bond acceptors (Lipinski definition) is 2. The average molecular weight is 608 g/mol. The van der Waals surface area contributed by atoms with Crippen molar-refractivity contribution in [2.24, 2.45) is 0 Å². The zero-order valence-electron chi connectivity index (χ0n) is 24.2. The summed E-state index contributed by atoms with van der Waals surface area (Å²) in [4.78, 5) is 0. The maximum atomic E-state index is 2.43. The van der Waals surface area contributed by atoms with E-state index < -0.39 is 0 Å². The van der Waals surface area contributed by atoms with Crippen LogP contribution in [0.25, 0.3) is 90.1 Å². The molecule has 0 aliphatic heterocycles. The second-order valence-electron chi connectivity index (χ2n) is 11.7. The number of aromatic nitrogens is 1. The van der Waals surface area contributed by atoms with Gasteiger partial charge in [-0.3, -0.25) is 0 Å². The van der Waals surface area contributed by atoms with Gasteiger partial charge in [0.25, 0.3) is 0 Å². The number of rotatable bonds is 3. The first-order valence-corrected chi connectivity index (χ1v) is 16.9. The molecule has 0 amide bonds. The van der Waals surface area contributed by atoms with Crippen LogP contribution < -0.4 is 0 Å². The van der Waals surface area contributed by atoms with Crippen LogP contribution in [0, 0.1) is 0 Å². The van der Waals surface area contributed by atoms with Crippen molar-refractivity contribution in [1.82, 2.24) is 4.57 Å². The molecular weight excluding hydrogens is 583 g/mol. The van der Waals surface area contributed by atoms with Crippen LogP contribution in [0.2, 0.25) is 0 Å². The molecule has 0 N–H and O–H groups in total. The summed E-state index contributed by atoms with van der Waals surface area (Å²) in [5.74, 6) is 0. The molecule has 7 aromatic carbocycles. The first-order chi connectivity index (χ1) is 22.3. The van der Waals surface area contributed by atoms with E-state index in [0.717, 1.165) is 0 Å². The molecule has 10 aromatic rings. The summed E-state index contributed by atoms with van der Waals surface area (Å²) < 4.78 is 7.83. The zero-order chi connectivity index (χ0) is 29.5. The molecule has 0 bridgehead atoms. The molecule has 3 heterocycles. The average Bonchev–Trinajstić information content (AvgIpc) is 3.78. The van der Waals surface area contributed by atoms with Gasteiger partial charge in [-0.05, 0) is 52.6 Å². The summed E-state index contributed by atoms with van der Waals surface area (Å²) in [5.41, 5.74) is 8.77. The standard InChI is InChI=1S/C42H25NS2/c1-2-10-26(11-3-1)29-14-8-16-32-33-17-9-15-30(41(33)45-40(29)32)27-20-22-28(23-21-27)43-36-18-6-4-13-35(36)39-37(43)25-24-34-31-12-5-7-19-38(31)44-42(34)39/h1-25H. The highest BCUT2D eigenvalue weighted by atomic mass is 32.1. The highest BCUT2D eigenvalue weighted by Crippen LogP contribution is 2.45. The van der Waals surface area contributed by atoms with Gasteiger partial charge in [0, 0.05) is 56.8 Å². The van der Waals surface area contributed by atoms with Crippen molar-refractivity contribution in [2.75, 3.05) is 0 Å². The maximum Gasteiger partial charge on any atom is 0.0555 e. The van der Waals surface area contributed by atoms with Gasteiger partial charge in [-0.1, -0.05) is 121 Å². The Balaban J connectivity index is 1.15. The number of nitrogens with zero attached hydrogens (tertiary/aromatic N) is 1. The molecule has 0 saturated heterocycles. The summed E-state index contributed by atoms with van der Waals surface area (Å²) in [6.07, 6.45) is 0. The SMILES string of the molecule is c1ccc(-c2cccc3c2sc2c(-c4ccc(-n5c6ccccc6c6c7sc8ccccc8c7ccc65)cc4)cccc23)cc1. The predicted molar refractivity (Wildman–Crippen MR) is 197 cm³/mol. The zero-order valence-corrected chi connectivity index (χ0v) is 25.8. The van der Waals surface area contributed by atoms with Crippen molar-refractivity contribution >= 4 is 84.8 Å². The summed E-state index contributed by atoms with van der Waals surface area (Å²) >= 11 is 3.81. The molecule has 3 heteroatoms. The van der Waals surface area contributed by atoms with Gasteiger partial charge >= 0.3 is 0 Å². The third-order valence-electron chi connectivity index (χ3n) is 9.23. The topological polar surface area (TPSA) is 4.93 Å². The third-order valence-corrected chi connectivity index (χ3v) is 11.7. The lowest BCUT2D eigenvalue weighted by atomic mass is 10.00. The van der Waals surface area contributed by atoms with E-state index in [1.165, 1.54) is 90.1 Å². The van der Waals surface area contributed by atoms with E-state index in [-0.39, 0.29) is 0 Å². The minimum absolute atomic E-state index is 1.18. The molecule has 0 saturated carbocycles. The van der Waals surface area contributed by atoms with Crippen LogP contribution in [-0.2, 0) is 0 Å². The normalized spacial score (nSPS) is 12.0. The molecule has 10 rings (SSSR count). The van der Waals surface area contributed by atoms with E-state index in [1.807, 2.05) is 22.7 Å². The monoisotopic (exact) mass is 607 g/mol. The highest BCUT2D eigenvalue weighted by molar-refractivity contribution is 7.27. The van der Waals surface area contributed by atoms with Crippen molar-refractivity contribution in [2.45, 2.75) is 0 Å². The fourth-order valence-electron chi connectivity index (χ4n) is 7.20. The van der Waals surface area contributed by atoms with Crippen LogP contribution in [0.5, 0.6) is 0 Å². The van der Waals surface area contributed by atoms with E-state index >= 15 is 0 Å². The lowest BCUT2D eigenvalue weighted by Gasteiger charge is -2.10. The fourth-order valence-corrected chi connectivity index (χ4v) is 9.83. The number of benzene rings is 7. The minimum atomic E-state index is 1.18. The molecule has 0 aliphatic carbocycles. The van der Waals surface area contributed by atoms with Crippen LogP contribution >= 0.6 is 22.7 Å². The van der Waals surface area contributed by atoms with Gasteiger partial charge in [-0.2, -0.15) is 0 Å². The molecule has 0 spiro atoms. The molecule has 0 fully saturated rings. The van der Waals surface area contributed by atoms with Crippen molar-refractivity contribution in [3.05, 3.63) is 152 Å². The van der Waals surface area contributed by atoms with Gasteiger partial charge in [0.15, 0.2) is 0 Å². The van der Waals surface area contributed by atoms with E-state index in [1.54, 1.807) is 0 Å². The minimum Gasteiger partial charge on any atom is -0.309 e. The Morgan fingerprint density at radius 3 is 1.71 bits per heavy atom. The van der Waals surface area contributed by atoms with Gasteiger partial charge in [0.1, 0.15) is 0 Å². The molecule has 0 atom stereocenters. The van der Waals surface area contributed by atoms with Gasteiger partial charge in [-0.15, -0.1) is 22.7 Å². The summed E-state index contributed by atoms with van der Waals surface area (Å²) in [5, 5.41) is 7.98. The van der Waals surface area contributed by atoms with E-state index in [2.05, 4.69) is 156 Å². The number of thiophene rings is 2. The Labute approximate surface area is 267 Å². The second-order valence-corrected chi connectivity index (χ2v) is 13.7. The van der Waals surface area contributed by atoms with Crippen molar-refractivity contribution < 1.29 is 0 Å². The quantitative estimate of drug-likeness (QED) is 0.188. The molecule has 210 valence electrons. The van der Waals surface area contributed by atoms with Crippen LogP contribution in [0.4, 0.5) is 0 Å². The van der Waals surface area contributed by atoms with E-state index in [9.17, 15) is 0 Å². The number of hydrogen-bond donors (Lipinski definition) is 0.